The molecule has 2 saturated carbocycles. The van der Waals surface area contributed by atoms with Gasteiger partial charge >= 0.3 is 0 Å². The molecule has 1 N–H and O–H groups in total. The van der Waals surface area contributed by atoms with Crippen molar-refractivity contribution in [2.45, 2.75) is 57.3 Å². The van der Waals surface area contributed by atoms with Crippen LogP contribution in [0.2, 0.25) is 0 Å². The number of hydrogen-bond acceptors (Lipinski definition) is 2. The first-order chi connectivity index (χ1) is 11.2. The largest absolute Gasteiger partial charge is 0.497 e. The number of hydrogen-bond donors (Lipinski definition) is 1. The molecule has 1 aromatic carbocycles. The number of benzene rings is 1. The summed E-state index contributed by atoms with van der Waals surface area (Å²) in [6.07, 6.45) is 9.59. The van der Waals surface area contributed by atoms with Gasteiger partial charge in [-0.15, -0.1) is 0 Å². The minimum absolute atomic E-state index is 0.115. The van der Waals surface area contributed by atoms with Crippen LogP contribution in [0.1, 0.15) is 62.8 Å². The number of halogens is 1. The normalized spacial score (nSPS) is 31.8. The lowest BCUT2D eigenvalue weighted by atomic mass is 9.68. The van der Waals surface area contributed by atoms with Crippen molar-refractivity contribution < 1.29 is 14.2 Å². The second-order valence-electron chi connectivity index (χ2n) is 7.46. The zero-order valence-corrected chi connectivity index (χ0v) is 14.1. The van der Waals surface area contributed by atoms with Crippen LogP contribution >= 0.6 is 0 Å². The first-order valence-electron chi connectivity index (χ1n) is 9.15. The fourth-order valence-electron chi connectivity index (χ4n) is 4.71. The van der Waals surface area contributed by atoms with Crippen LogP contribution in [-0.2, 0) is 0 Å². The number of rotatable bonds is 4. The summed E-state index contributed by atoms with van der Waals surface area (Å²) in [6, 6.07) is 5.30. The zero-order valence-electron chi connectivity index (χ0n) is 14.1. The van der Waals surface area contributed by atoms with Gasteiger partial charge in [0.2, 0.25) is 0 Å². The molecule has 0 saturated heterocycles. The molecule has 23 heavy (non-hydrogen) atoms. The van der Waals surface area contributed by atoms with Gasteiger partial charge in [0, 0.05) is 12.7 Å². The van der Waals surface area contributed by atoms with Gasteiger partial charge in [-0.25, -0.2) is 4.39 Å². The van der Waals surface area contributed by atoms with Crippen LogP contribution in [0.15, 0.2) is 18.2 Å². The number of aliphatic hydroxyl groups excluding tert-OH is 1. The molecule has 0 atom stereocenters. The van der Waals surface area contributed by atoms with Gasteiger partial charge in [0.15, 0.2) is 0 Å². The molecule has 0 aromatic heterocycles. The Morgan fingerprint density at radius 3 is 2.13 bits per heavy atom. The third-order valence-corrected chi connectivity index (χ3v) is 6.24. The SMILES string of the molecule is COc1ccc(C2CCC(C3CCC(CO)CC3)CC2)c(F)c1. The molecule has 2 aliphatic rings. The highest BCUT2D eigenvalue weighted by molar-refractivity contribution is 5.31. The van der Waals surface area contributed by atoms with Gasteiger partial charge in [0.1, 0.15) is 11.6 Å². The van der Waals surface area contributed by atoms with Crippen molar-refractivity contribution in [1.82, 2.24) is 0 Å². The lowest BCUT2D eigenvalue weighted by Crippen LogP contribution is -2.26. The Morgan fingerprint density at radius 1 is 1.00 bits per heavy atom. The molecule has 2 aliphatic carbocycles. The molecular formula is C20H29FO2. The molecular weight excluding hydrogens is 291 g/mol. The van der Waals surface area contributed by atoms with Crippen molar-refractivity contribution in [3.05, 3.63) is 29.6 Å². The van der Waals surface area contributed by atoms with E-state index in [9.17, 15) is 9.50 Å². The summed E-state index contributed by atoms with van der Waals surface area (Å²) in [7, 11) is 1.57. The van der Waals surface area contributed by atoms with Gasteiger partial charge in [0.05, 0.1) is 7.11 Å². The average Bonchev–Trinajstić information content (AvgIpc) is 2.62. The van der Waals surface area contributed by atoms with Gasteiger partial charge < -0.3 is 9.84 Å². The molecule has 0 aliphatic heterocycles. The standard InChI is InChI=1S/C20H29FO2/c1-23-18-10-11-19(20(21)12-18)17-8-6-16(7-9-17)15-4-2-14(13-22)3-5-15/h10-12,14-17,22H,2-9,13H2,1H3. The Balaban J connectivity index is 1.54. The number of ether oxygens (including phenoxy) is 1. The molecule has 2 nitrogen and oxygen atoms in total. The predicted octanol–water partition coefficient (Wildman–Crippen LogP) is 4.91. The minimum Gasteiger partial charge on any atom is -0.497 e. The average molecular weight is 320 g/mol. The van der Waals surface area contributed by atoms with Crippen LogP contribution in [0.3, 0.4) is 0 Å². The van der Waals surface area contributed by atoms with Gasteiger partial charge in [-0.05, 0) is 86.7 Å². The van der Waals surface area contributed by atoms with Crippen molar-refractivity contribution in [2.24, 2.45) is 17.8 Å². The second-order valence-corrected chi connectivity index (χ2v) is 7.46. The maximum Gasteiger partial charge on any atom is 0.130 e. The summed E-state index contributed by atoms with van der Waals surface area (Å²) in [4.78, 5) is 0. The van der Waals surface area contributed by atoms with Crippen LogP contribution in [0.4, 0.5) is 4.39 Å². The van der Waals surface area contributed by atoms with E-state index in [1.165, 1.54) is 44.6 Å². The van der Waals surface area contributed by atoms with E-state index >= 15 is 0 Å². The Kier molecular flexibility index (Phi) is 5.58. The third kappa shape index (κ3) is 3.88. The fourth-order valence-corrected chi connectivity index (χ4v) is 4.71. The molecule has 128 valence electrons. The van der Waals surface area contributed by atoms with E-state index in [1.54, 1.807) is 7.11 Å². The van der Waals surface area contributed by atoms with E-state index in [1.807, 2.05) is 12.1 Å². The lowest BCUT2D eigenvalue weighted by Gasteiger charge is -2.37. The summed E-state index contributed by atoms with van der Waals surface area (Å²) in [6.45, 7) is 0.357. The number of methoxy groups -OCH3 is 1. The first kappa shape index (κ1) is 16.8. The highest BCUT2D eigenvalue weighted by atomic mass is 19.1. The van der Waals surface area contributed by atoms with Gasteiger partial charge in [0.25, 0.3) is 0 Å². The fraction of sp³-hybridized carbons (Fsp3) is 0.700. The minimum atomic E-state index is -0.115. The molecule has 3 heteroatoms. The predicted molar refractivity (Wildman–Crippen MR) is 90.2 cm³/mol. The van der Waals surface area contributed by atoms with Crippen molar-refractivity contribution in [3.63, 3.8) is 0 Å². The van der Waals surface area contributed by atoms with Crippen LogP contribution in [0, 0.1) is 23.6 Å². The maximum atomic E-state index is 14.3. The summed E-state index contributed by atoms with van der Waals surface area (Å²) < 4.78 is 19.3. The molecule has 0 amide bonds. The Hall–Kier alpha value is -1.09. The van der Waals surface area contributed by atoms with E-state index in [-0.39, 0.29) is 5.82 Å². The summed E-state index contributed by atoms with van der Waals surface area (Å²) >= 11 is 0. The first-order valence-corrected chi connectivity index (χ1v) is 9.15. The molecule has 1 aromatic rings. The van der Waals surface area contributed by atoms with Crippen molar-refractivity contribution in [3.8, 4) is 5.75 Å². The third-order valence-electron chi connectivity index (χ3n) is 6.24. The van der Waals surface area contributed by atoms with Crippen LogP contribution in [-0.4, -0.2) is 18.8 Å². The van der Waals surface area contributed by atoms with E-state index < -0.39 is 0 Å². The molecule has 2 fully saturated rings. The smallest absolute Gasteiger partial charge is 0.130 e. The van der Waals surface area contributed by atoms with E-state index in [0.29, 0.717) is 24.2 Å². The molecule has 3 rings (SSSR count). The topological polar surface area (TPSA) is 29.5 Å². The molecule has 0 bridgehead atoms. The molecule has 0 radical (unpaired) electrons. The maximum absolute atomic E-state index is 14.3. The molecule has 0 unspecified atom stereocenters. The highest BCUT2D eigenvalue weighted by Gasteiger charge is 2.31. The summed E-state index contributed by atoms with van der Waals surface area (Å²) in [5.74, 6) is 3.03. The second kappa shape index (κ2) is 7.65. The van der Waals surface area contributed by atoms with E-state index in [4.69, 9.17) is 4.74 Å². The van der Waals surface area contributed by atoms with Crippen LogP contribution < -0.4 is 4.74 Å². The lowest BCUT2D eigenvalue weighted by molar-refractivity contribution is 0.124. The van der Waals surface area contributed by atoms with Gasteiger partial charge in [-0.2, -0.15) is 0 Å². The monoisotopic (exact) mass is 320 g/mol. The van der Waals surface area contributed by atoms with Crippen molar-refractivity contribution in [2.75, 3.05) is 13.7 Å². The van der Waals surface area contributed by atoms with Gasteiger partial charge in [-0.1, -0.05) is 6.07 Å². The Labute approximate surface area is 139 Å². The Bertz CT molecular complexity index is 500. The quantitative estimate of drug-likeness (QED) is 0.854. The van der Waals surface area contributed by atoms with E-state index in [0.717, 1.165) is 30.2 Å². The van der Waals surface area contributed by atoms with Crippen molar-refractivity contribution >= 4 is 0 Å². The van der Waals surface area contributed by atoms with Crippen LogP contribution in [0.5, 0.6) is 5.75 Å². The van der Waals surface area contributed by atoms with Crippen molar-refractivity contribution in [1.29, 1.82) is 0 Å². The zero-order chi connectivity index (χ0) is 16.2. The molecule has 0 spiro atoms. The van der Waals surface area contributed by atoms with Gasteiger partial charge in [-0.3, -0.25) is 0 Å². The highest BCUT2D eigenvalue weighted by Crippen LogP contribution is 2.44. The van der Waals surface area contributed by atoms with E-state index in [2.05, 4.69) is 0 Å². The van der Waals surface area contributed by atoms with Crippen LogP contribution in [0.25, 0.3) is 0 Å². The Morgan fingerprint density at radius 2 is 1.61 bits per heavy atom. The summed E-state index contributed by atoms with van der Waals surface area (Å²) in [5.41, 5.74) is 0.869. The molecule has 0 heterocycles. The summed E-state index contributed by atoms with van der Waals surface area (Å²) in [5, 5.41) is 9.27. The number of aliphatic hydroxyl groups is 1.